The van der Waals surface area contributed by atoms with E-state index in [4.69, 9.17) is 0 Å². The predicted octanol–water partition coefficient (Wildman–Crippen LogP) is 5.51. The quantitative estimate of drug-likeness (QED) is 0.731. The summed E-state index contributed by atoms with van der Waals surface area (Å²) in [6.07, 6.45) is 0. The van der Waals surface area contributed by atoms with Gasteiger partial charge in [0.25, 0.3) is 0 Å². The van der Waals surface area contributed by atoms with Crippen LogP contribution in [-0.2, 0) is 0 Å². The molecular formula is C15H13Br2NS. The normalized spacial score (nSPS) is 17.3. The van der Waals surface area contributed by atoms with E-state index in [2.05, 4.69) is 73.6 Å². The van der Waals surface area contributed by atoms with Crippen molar-refractivity contribution in [3.63, 3.8) is 0 Å². The molecule has 0 radical (unpaired) electrons. The molecule has 0 saturated carbocycles. The van der Waals surface area contributed by atoms with E-state index in [0.29, 0.717) is 5.92 Å². The Morgan fingerprint density at radius 2 is 2.00 bits per heavy atom. The molecule has 0 amide bonds. The first-order valence-electron chi connectivity index (χ1n) is 6.14. The maximum absolute atomic E-state index is 3.58. The molecule has 0 saturated heterocycles. The maximum Gasteiger partial charge on any atom is 0.0496 e. The zero-order valence-corrected chi connectivity index (χ0v) is 14.2. The third-order valence-electron chi connectivity index (χ3n) is 3.27. The fourth-order valence-electron chi connectivity index (χ4n) is 2.26. The molecule has 2 aromatic rings. The van der Waals surface area contributed by atoms with Gasteiger partial charge < -0.3 is 5.32 Å². The van der Waals surface area contributed by atoms with Crippen LogP contribution in [0, 0.1) is 0 Å². The number of rotatable bonds is 3. The Bertz CT molecular complexity index is 600. The van der Waals surface area contributed by atoms with Crippen molar-refractivity contribution in [2.45, 2.75) is 10.8 Å². The van der Waals surface area contributed by atoms with E-state index in [9.17, 15) is 0 Å². The molecule has 1 nitrogen and oxygen atoms in total. The van der Waals surface area contributed by atoms with Crippen LogP contribution in [0.15, 0.2) is 56.3 Å². The van der Waals surface area contributed by atoms with Gasteiger partial charge in [0.05, 0.1) is 0 Å². The summed E-state index contributed by atoms with van der Waals surface area (Å²) in [5, 5.41) is 3.55. The summed E-state index contributed by atoms with van der Waals surface area (Å²) in [5.74, 6) is 1.75. The third-order valence-corrected chi connectivity index (χ3v) is 5.70. The summed E-state index contributed by atoms with van der Waals surface area (Å²) in [6, 6.07) is 14.9. The van der Waals surface area contributed by atoms with Gasteiger partial charge in [-0.05, 0) is 45.8 Å². The Balaban J connectivity index is 1.72. The number of benzene rings is 2. The highest BCUT2D eigenvalue weighted by Crippen LogP contribution is 2.39. The van der Waals surface area contributed by atoms with E-state index in [1.54, 1.807) is 0 Å². The summed E-state index contributed by atoms with van der Waals surface area (Å²) < 4.78 is 2.20. The zero-order valence-electron chi connectivity index (χ0n) is 10.2. The van der Waals surface area contributed by atoms with E-state index in [1.807, 2.05) is 17.8 Å². The lowest BCUT2D eigenvalue weighted by molar-refractivity contribution is 0.818. The van der Waals surface area contributed by atoms with Gasteiger partial charge in [0, 0.05) is 37.7 Å². The van der Waals surface area contributed by atoms with Crippen molar-refractivity contribution in [3.8, 4) is 0 Å². The molecule has 2 aromatic carbocycles. The highest BCUT2D eigenvalue weighted by atomic mass is 79.9. The van der Waals surface area contributed by atoms with Crippen LogP contribution in [0.3, 0.4) is 0 Å². The van der Waals surface area contributed by atoms with Crippen LogP contribution in [0.25, 0.3) is 0 Å². The molecule has 0 aromatic heterocycles. The second-order valence-electron chi connectivity index (χ2n) is 4.55. The molecule has 1 unspecified atom stereocenters. The van der Waals surface area contributed by atoms with Crippen LogP contribution in [0.4, 0.5) is 5.69 Å². The van der Waals surface area contributed by atoms with Crippen LogP contribution in [-0.4, -0.2) is 12.3 Å². The third kappa shape index (κ3) is 3.01. The first-order valence-corrected chi connectivity index (χ1v) is 8.72. The molecule has 1 aliphatic heterocycles. The van der Waals surface area contributed by atoms with Crippen molar-refractivity contribution in [1.29, 1.82) is 0 Å². The molecule has 1 heterocycles. The minimum Gasteiger partial charge on any atom is -0.383 e. The van der Waals surface area contributed by atoms with Crippen LogP contribution >= 0.6 is 43.6 Å². The molecule has 98 valence electrons. The number of hydrogen-bond acceptors (Lipinski definition) is 2. The fourth-order valence-corrected chi connectivity index (χ4v) is 4.27. The molecule has 1 atom stereocenters. The molecular weight excluding hydrogens is 386 g/mol. The Labute approximate surface area is 134 Å². The lowest BCUT2D eigenvalue weighted by Gasteiger charge is -2.14. The first-order chi connectivity index (χ1) is 9.24. The van der Waals surface area contributed by atoms with Crippen molar-refractivity contribution in [2.75, 3.05) is 17.6 Å². The summed E-state index contributed by atoms with van der Waals surface area (Å²) in [5.41, 5.74) is 2.62. The highest BCUT2D eigenvalue weighted by molar-refractivity contribution is 9.11. The summed E-state index contributed by atoms with van der Waals surface area (Å²) in [7, 11) is 0. The first kappa shape index (κ1) is 13.5. The van der Waals surface area contributed by atoms with Crippen molar-refractivity contribution in [3.05, 3.63) is 57.0 Å². The average molecular weight is 399 g/mol. The SMILES string of the molecule is Brc1ccc(Br)c(NCC2CSc3ccccc32)c1. The van der Waals surface area contributed by atoms with E-state index in [0.717, 1.165) is 26.9 Å². The monoisotopic (exact) mass is 397 g/mol. The molecule has 19 heavy (non-hydrogen) atoms. The van der Waals surface area contributed by atoms with Crippen LogP contribution in [0.2, 0.25) is 0 Å². The number of halogens is 2. The van der Waals surface area contributed by atoms with Crippen LogP contribution in [0.1, 0.15) is 11.5 Å². The second-order valence-corrected chi connectivity index (χ2v) is 7.38. The van der Waals surface area contributed by atoms with Gasteiger partial charge in [0.1, 0.15) is 0 Å². The van der Waals surface area contributed by atoms with Crippen molar-refractivity contribution < 1.29 is 0 Å². The van der Waals surface area contributed by atoms with Gasteiger partial charge in [-0.2, -0.15) is 0 Å². The Kier molecular flexibility index (Phi) is 4.20. The van der Waals surface area contributed by atoms with Gasteiger partial charge in [0.2, 0.25) is 0 Å². The van der Waals surface area contributed by atoms with Gasteiger partial charge in [-0.15, -0.1) is 11.8 Å². The minimum absolute atomic E-state index is 0.590. The van der Waals surface area contributed by atoms with E-state index in [1.165, 1.54) is 10.5 Å². The molecule has 1 N–H and O–H groups in total. The van der Waals surface area contributed by atoms with Gasteiger partial charge in [-0.25, -0.2) is 0 Å². The standard InChI is InChI=1S/C15H13Br2NS/c16-11-5-6-13(17)14(7-11)18-8-10-9-19-15-4-2-1-3-12(10)15/h1-7,10,18H,8-9H2. The molecule has 0 spiro atoms. The second kappa shape index (κ2) is 5.90. The lowest BCUT2D eigenvalue weighted by atomic mass is 10.0. The molecule has 4 heteroatoms. The molecule has 1 aliphatic rings. The van der Waals surface area contributed by atoms with Crippen LogP contribution < -0.4 is 5.32 Å². The van der Waals surface area contributed by atoms with Crippen molar-refractivity contribution in [2.24, 2.45) is 0 Å². The number of fused-ring (bicyclic) bond motifs is 1. The minimum atomic E-state index is 0.590. The predicted molar refractivity (Wildman–Crippen MR) is 90.2 cm³/mol. The van der Waals surface area contributed by atoms with Gasteiger partial charge in [-0.3, -0.25) is 0 Å². The number of anilines is 1. The summed E-state index contributed by atoms with van der Waals surface area (Å²) in [6.45, 7) is 0.971. The lowest BCUT2D eigenvalue weighted by Crippen LogP contribution is -2.12. The van der Waals surface area contributed by atoms with Crippen LogP contribution in [0.5, 0.6) is 0 Å². The summed E-state index contributed by atoms with van der Waals surface area (Å²) >= 11 is 9.05. The largest absolute Gasteiger partial charge is 0.383 e. The molecule has 3 rings (SSSR count). The molecule has 0 fully saturated rings. The topological polar surface area (TPSA) is 12.0 Å². The van der Waals surface area contributed by atoms with Gasteiger partial charge >= 0.3 is 0 Å². The van der Waals surface area contributed by atoms with Crippen molar-refractivity contribution in [1.82, 2.24) is 0 Å². The average Bonchev–Trinajstić information content (AvgIpc) is 2.83. The number of thioether (sulfide) groups is 1. The number of hydrogen-bond donors (Lipinski definition) is 1. The Morgan fingerprint density at radius 1 is 1.16 bits per heavy atom. The highest BCUT2D eigenvalue weighted by Gasteiger charge is 2.22. The maximum atomic E-state index is 3.58. The van der Waals surface area contributed by atoms with Gasteiger partial charge in [-0.1, -0.05) is 34.1 Å². The zero-order chi connectivity index (χ0) is 13.2. The smallest absolute Gasteiger partial charge is 0.0496 e. The Hall–Kier alpha value is -0.450. The van der Waals surface area contributed by atoms with E-state index >= 15 is 0 Å². The van der Waals surface area contributed by atoms with Gasteiger partial charge in [0.15, 0.2) is 0 Å². The summed E-state index contributed by atoms with van der Waals surface area (Å²) in [4.78, 5) is 1.43. The molecule has 0 bridgehead atoms. The van der Waals surface area contributed by atoms with E-state index < -0.39 is 0 Å². The Morgan fingerprint density at radius 3 is 2.89 bits per heavy atom. The number of nitrogens with one attached hydrogen (secondary N) is 1. The molecule has 0 aliphatic carbocycles. The van der Waals surface area contributed by atoms with E-state index in [-0.39, 0.29) is 0 Å². The fraction of sp³-hybridized carbons (Fsp3) is 0.200. The van der Waals surface area contributed by atoms with Crippen molar-refractivity contribution >= 4 is 49.3 Å².